The Morgan fingerprint density at radius 3 is 2.59 bits per heavy atom. The Kier molecular flexibility index (Phi) is 6.06. The van der Waals surface area contributed by atoms with E-state index >= 15 is 0 Å². The third-order valence-electron chi connectivity index (χ3n) is 4.00. The Morgan fingerprint density at radius 1 is 1.10 bits per heavy atom. The molecular weight excluding hydrogens is 409 g/mol. The van der Waals surface area contributed by atoms with Crippen LogP contribution in [0.3, 0.4) is 0 Å². The minimum absolute atomic E-state index is 0.0402. The first-order valence-corrected chi connectivity index (χ1v) is 9.97. The summed E-state index contributed by atoms with van der Waals surface area (Å²) in [6, 6.07) is 12.3. The highest BCUT2D eigenvalue weighted by Crippen LogP contribution is 2.31. The van der Waals surface area contributed by atoms with Crippen LogP contribution in [0, 0.1) is 0 Å². The number of pyridine rings is 1. The number of aromatic nitrogens is 1. The molecule has 1 atom stereocenters. The van der Waals surface area contributed by atoms with Gasteiger partial charge in [-0.3, -0.25) is 4.98 Å². The lowest BCUT2D eigenvalue weighted by molar-refractivity contribution is -0.137. The second-order valence-electron chi connectivity index (χ2n) is 6.17. The Morgan fingerprint density at radius 2 is 1.83 bits per heavy atom. The van der Waals surface area contributed by atoms with Crippen LogP contribution in [-0.2, 0) is 16.2 Å². The Hall–Kier alpha value is -2.69. The third-order valence-corrected chi connectivity index (χ3v) is 5.45. The van der Waals surface area contributed by atoms with Crippen molar-refractivity contribution in [3.63, 3.8) is 0 Å². The van der Waals surface area contributed by atoms with Gasteiger partial charge in [0.2, 0.25) is 10.0 Å². The summed E-state index contributed by atoms with van der Waals surface area (Å²) in [5.74, 6) is -0.0833. The molecule has 0 fully saturated rings. The first-order valence-electron chi connectivity index (χ1n) is 8.48. The van der Waals surface area contributed by atoms with Crippen LogP contribution in [-0.4, -0.2) is 37.8 Å². The van der Waals surface area contributed by atoms with Gasteiger partial charge in [-0.15, -0.1) is 0 Å². The van der Waals surface area contributed by atoms with E-state index in [0.717, 1.165) is 12.1 Å². The summed E-state index contributed by atoms with van der Waals surface area (Å²) in [5.41, 5.74) is -0.592. The zero-order valence-electron chi connectivity index (χ0n) is 14.9. The number of rotatable bonds is 7. The van der Waals surface area contributed by atoms with Crippen LogP contribution in [0.25, 0.3) is 10.9 Å². The molecule has 154 valence electrons. The van der Waals surface area contributed by atoms with E-state index in [1.54, 1.807) is 24.3 Å². The van der Waals surface area contributed by atoms with E-state index in [0.29, 0.717) is 5.39 Å². The molecule has 0 saturated heterocycles. The quantitative estimate of drug-likeness (QED) is 0.607. The number of halogens is 3. The van der Waals surface area contributed by atoms with Gasteiger partial charge in [0.25, 0.3) is 0 Å². The number of alkyl halides is 3. The van der Waals surface area contributed by atoms with Crippen LogP contribution < -0.4 is 9.46 Å². The van der Waals surface area contributed by atoms with Crippen LogP contribution in [0.4, 0.5) is 13.2 Å². The van der Waals surface area contributed by atoms with E-state index in [1.807, 2.05) is 0 Å². The molecule has 1 heterocycles. The fraction of sp³-hybridized carbons (Fsp3) is 0.211. The molecule has 0 saturated carbocycles. The summed E-state index contributed by atoms with van der Waals surface area (Å²) < 4.78 is 70.6. The largest absolute Gasteiger partial charge is 0.491 e. The second-order valence-corrected chi connectivity index (χ2v) is 7.91. The molecule has 1 aromatic heterocycles. The summed E-state index contributed by atoms with van der Waals surface area (Å²) >= 11 is 0. The van der Waals surface area contributed by atoms with Crippen molar-refractivity contribution in [3.05, 3.63) is 66.4 Å². The van der Waals surface area contributed by atoms with Gasteiger partial charge in [0, 0.05) is 18.1 Å². The van der Waals surface area contributed by atoms with E-state index in [4.69, 9.17) is 4.74 Å². The maximum absolute atomic E-state index is 12.7. The summed E-state index contributed by atoms with van der Waals surface area (Å²) in [7, 11) is -3.97. The van der Waals surface area contributed by atoms with Crippen LogP contribution in [0.15, 0.2) is 65.7 Å². The van der Waals surface area contributed by atoms with Crippen molar-refractivity contribution in [2.24, 2.45) is 0 Å². The van der Waals surface area contributed by atoms with Crippen LogP contribution in [0.5, 0.6) is 5.75 Å². The lowest BCUT2D eigenvalue weighted by atomic mass is 10.2. The van der Waals surface area contributed by atoms with Crippen LogP contribution >= 0.6 is 0 Å². The number of benzene rings is 2. The average Bonchev–Trinajstić information content (AvgIpc) is 2.70. The summed E-state index contributed by atoms with van der Waals surface area (Å²) in [5, 5.41) is 10.6. The highest BCUT2D eigenvalue weighted by atomic mass is 32.2. The summed E-state index contributed by atoms with van der Waals surface area (Å²) in [6.45, 7) is -0.776. The van der Waals surface area contributed by atoms with Gasteiger partial charge < -0.3 is 9.84 Å². The fourth-order valence-corrected chi connectivity index (χ4v) is 3.84. The van der Waals surface area contributed by atoms with Crippen molar-refractivity contribution in [1.29, 1.82) is 0 Å². The Balaban J connectivity index is 1.62. The van der Waals surface area contributed by atoms with Gasteiger partial charge in [-0.05, 0) is 30.3 Å². The minimum atomic E-state index is -4.51. The number of para-hydroxylation sites is 1. The number of nitrogens with one attached hydrogen (secondary N) is 1. The highest BCUT2D eigenvalue weighted by Gasteiger charge is 2.30. The predicted molar refractivity (Wildman–Crippen MR) is 99.9 cm³/mol. The molecule has 0 amide bonds. The lowest BCUT2D eigenvalue weighted by Crippen LogP contribution is -2.35. The number of aliphatic hydroxyl groups excluding tert-OH is 1. The van der Waals surface area contributed by atoms with Gasteiger partial charge in [0.05, 0.1) is 11.1 Å². The lowest BCUT2D eigenvalue weighted by Gasteiger charge is -2.15. The number of nitrogens with zero attached hydrogens (tertiary/aromatic N) is 1. The molecule has 1 unspecified atom stereocenters. The predicted octanol–water partition coefficient (Wildman–Crippen LogP) is 2.97. The Bertz CT molecular complexity index is 1100. The molecule has 0 aliphatic heterocycles. The van der Waals surface area contributed by atoms with Gasteiger partial charge in [-0.25, -0.2) is 13.1 Å². The van der Waals surface area contributed by atoms with Crippen LogP contribution in [0.2, 0.25) is 0 Å². The third kappa shape index (κ3) is 5.22. The summed E-state index contributed by atoms with van der Waals surface area (Å²) in [4.78, 5) is 4.04. The average molecular weight is 426 g/mol. The first-order chi connectivity index (χ1) is 13.7. The van der Waals surface area contributed by atoms with E-state index < -0.39 is 34.5 Å². The normalized spacial score (nSPS) is 13.4. The van der Waals surface area contributed by atoms with Gasteiger partial charge >= 0.3 is 6.18 Å². The molecule has 0 aliphatic rings. The molecule has 6 nitrogen and oxygen atoms in total. The van der Waals surface area contributed by atoms with Gasteiger partial charge in [-0.2, -0.15) is 13.2 Å². The zero-order valence-corrected chi connectivity index (χ0v) is 15.7. The fourth-order valence-electron chi connectivity index (χ4n) is 2.59. The number of hydrogen-bond acceptors (Lipinski definition) is 5. The molecule has 10 heteroatoms. The van der Waals surface area contributed by atoms with E-state index in [1.165, 1.54) is 24.4 Å². The molecule has 0 aliphatic carbocycles. The maximum Gasteiger partial charge on any atom is 0.416 e. The molecule has 0 bridgehead atoms. The van der Waals surface area contributed by atoms with Gasteiger partial charge in [0.1, 0.15) is 23.4 Å². The zero-order chi connectivity index (χ0) is 21.1. The van der Waals surface area contributed by atoms with Gasteiger partial charge in [-0.1, -0.05) is 24.3 Å². The molecule has 0 spiro atoms. The Labute approximate surface area is 165 Å². The number of ether oxygens (including phenoxy) is 1. The van der Waals surface area contributed by atoms with Crippen molar-refractivity contribution < 1.29 is 31.4 Å². The van der Waals surface area contributed by atoms with Crippen molar-refractivity contribution in [3.8, 4) is 5.75 Å². The van der Waals surface area contributed by atoms with Crippen molar-refractivity contribution in [2.45, 2.75) is 17.2 Å². The van der Waals surface area contributed by atoms with E-state index in [2.05, 4.69) is 9.71 Å². The smallest absolute Gasteiger partial charge is 0.416 e. The number of sulfonamides is 1. The number of aliphatic hydroxyl groups is 1. The molecule has 2 N–H and O–H groups in total. The molecule has 29 heavy (non-hydrogen) atoms. The van der Waals surface area contributed by atoms with Crippen molar-refractivity contribution >= 4 is 20.9 Å². The topological polar surface area (TPSA) is 88.5 Å². The minimum Gasteiger partial charge on any atom is -0.491 e. The first kappa shape index (κ1) is 21.0. The van der Waals surface area contributed by atoms with Crippen molar-refractivity contribution in [2.75, 3.05) is 13.2 Å². The standard InChI is InChI=1S/C19H17F3N2O4S/c20-19(21,22)14-6-2-7-16(10-14)28-12-15(25)11-24-29(26,27)17-8-1-4-13-5-3-9-23-18(13)17/h1-10,15,24-25H,11-12H2. The second kappa shape index (κ2) is 8.36. The molecular formula is C19H17F3N2O4S. The molecule has 2 aromatic carbocycles. The molecule has 3 aromatic rings. The summed E-state index contributed by atoms with van der Waals surface area (Å²) in [6.07, 6.45) is -4.32. The monoisotopic (exact) mass is 426 g/mol. The van der Waals surface area contributed by atoms with E-state index in [9.17, 15) is 26.7 Å². The SMILES string of the molecule is O=S(=O)(NCC(O)COc1cccc(C(F)(F)F)c1)c1cccc2cccnc12. The maximum atomic E-state index is 12.7. The highest BCUT2D eigenvalue weighted by molar-refractivity contribution is 7.89. The molecule has 0 radical (unpaired) electrons. The van der Waals surface area contributed by atoms with Crippen molar-refractivity contribution in [1.82, 2.24) is 9.71 Å². The van der Waals surface area contributed by atoms with Gasteiger partial charge in [0.15, 0.2) is 0 Å². The number of hydrogen-bond donors (Lipinski definition) is 2. The van der Waals surface area contributed by atoms with Crippen LogP contribution in [0.1, 0.15) is 5.56 Å². The molecule has 3 rings (SSSR count). The number of fused-ring (bicyclic) bond motifs is 1. The van der Waals surface area contributed by atoms with E-state index in [-0.39, 0.29) is 22.7 Å².